The summed E-state index contributed by atoms with van der Waals surface area (Å²) >= 11 is 0. The Morgan fingerprint density at radius 2 is 1.59 bits per heavy atom. The Hall–Kier alpha value is -3.51. The molecule has 3 N–H and O–H groups in total. The fourth-order valence-electron chi connectivity index (χ4n) is 5.60. The van der Waals surface area contributed by atoms with Gasteiger partial charge in [-0.1, -0.05) is 18.2 Å². The molecule has 176 valence electrons. The lowest BCUT2D eigenvalue weighted by Crippen LogP contribution is -2.51. The molecule has 5 rings (SSSR count). The number of nitrogens with zero attached hydrogens (tertiary/aromatic N) is 2. The van der Waals surface area contributed by atoms with E-state index in [0.29, 0.717) is 11.3 Å². The number of amides is 1. The van der Waals surface area contributed by atoms with Crippen LogP contribution in [0.3, 0.4) is 0 Å². The summed E-state index contributed by atoms with van der Waals surface area (Å²) in [5, 5.41) is 4.83. The standard InChI is InChI=1S/C28H32N4O2/c1-6-30-23-15-25-21(13-17(23)4)28(20-12-10-9-11-19(20)27(33)32(28)29)22-14-18(5)24(16-26(22)34-25)31(7-2)8-3/h9-16,30H,6-8,29H2,1-5H3. The zero-order valence-electron chi connectivity index (χ0n) is 20.5. The van der Waals surface area contributed by atoms with Crippen molar-refractivity contribution in [1.82, 2.24) is 5.01 Å². The average molecular weight is 457 g/mol. The molecule has 0 bridgehead atoms. The van der Waals surface area contributed by atoms with E-state index < -0.39 is 5.54 Å². The van der Waals surface area contributed by atoms with E-state index in [2.05, 4.69) is 63.0 Å². The third-order valence-corrected chi connectivity index (χ3v) is 7.22. The number of benzene rings is 3. The van der Waals surface area contributed by atoms with Crippen molar-refractivity contribution in [3.63, 3.8) is 0 Å². The molecule has 6 heteroatoms. The van der Waals surface area contributed by atoms with Crippen molar-refractivity contribution in [1.29, 1.82) is 0 Å². The third kappa shape index (κ3) is 2.88. The first-order chi connectivity index (χ1) is 16.4. The molecular formula is C28H32N4O2. The van der Waals surface area contributed by atoms with E-state index >= 15 is 0 Å². The first-order valence-corrected chi connectivity index (χ1v) is 12.0. The zero-order chi connectivity index (χ0) is 24.2. The van der Waals surface area contributed by atoms with Crippen LogP contribution in [0, 0.1) is 13.8 Å². The second kappa shape index (κ2) is 8.06. The van der Waals surface area contributed by atoms with Crippen LogP contribution in [0.25, 0.3) is 0 Å². The predicted molar refractivity (Wildman–Crippen MR) is 137 cm³/mol. The van der Waals surface area contributed by atoms with Gasteiger partial charge in [0.15, 0.2) is 0 Å². The maximum atomic E-state index is 13.4. The van der Waals surface area contributed by atoms with Gasteiger partial charge in [-0.15, -0.1) is 0 Å². The smallest absolute Gasteiger partial charge is 0.269 e. The SMILES string of the molecule is CCNc1cc2c(cc1C)C1(c3cc(C)c(N(CC)CC)cc3O2)c2ccccc2C(=O)N1N. The van der Waals surface area contributed by atoms with Gasteiger partial charge in [-0.3, -0.25) is 9.80 Å². The van der Waals surface area contributed by atoms with Crippen LogP contribution >= 0.6 is 0 Å². The van der Waals surface area contributed by atoms with Gasteiger partial charge in [-0.05, 0) is 63.9 Å². The number of aryl methyl sites for hydroxylation is 2. The first kappa shape index (κ1) is 22.3. The van der Waals surface area contributed by atoms with Crippen molar-refractivity contribution < 1.29 is 9.53 Å². The molecule has 0 aliphatic carbocycles. The van der Waals surface area contributed by atoms with E-state index in [9.17, 15) is 4.79 Å². The summed E-state index contributed by atoms with van der Waals surface area (Å²) in [6.07, 6.45) is 0. The molecule has 1 unspecified atom stereocenters. The van der Waals surface area contributed by atoms with Gasteiger partial charge in [0, 0.05) is 65.4 Å². The van der Waals surface area contributed by atoms with Crippen LogP contribution in [0.2, 0.25) is 0 Å². The summed E-state index contributed by atoms with van der Waals surface area (Å²) in [4.78, 5) is 15.8. The number of nitrogens with two attached hydrogens (primary N) is 1. The lowest BCUT2D eigenvalue weighted by molar-refractivity contribution is 0.0665. The molecule has 0 saturated heterocycles. The minimum atomic E-state index is -0.960. The topological polar surface area (TPSA) is 70.8 Å². The van der Waals surface area contributed by atoms with Gasteiger partial charge in [0.25, 0.3) is 5.91 Å². The Morgan fingerprint density at radius 1 is 0.941 bits per heavy atom. The molecule has 34 heavy (non-hydrogen) atoms. The van der Waals surface area contributed by atoms with E-state index in [1.165, 1.54) is 5.01 Å². The minimum Gasteiger partial charge on any atom is -0.456 e. The maximum Gasteiger partial charge on any atom is 0.269 e. The number of fused-ring (bicyclic) bond motifs is 6. The minimum absolute atomic E-state index is 0.187. The van der Waals surface area contributed by atoms with Crippen LogP contribution in [0.15, 0.2) is 48.5 Å². The highest BCUT2D eigenvalue weighted by molar-refractivity contribution is 6.02. The fourth-order valence-corrected chi connectivity index (χ4v) is 5.60. The Bertz CT molecular complexity index is 1300. The predicted octanol–water partition coefficient (Wildman–Crippen LogP) is 5.31. The van der Waals surface area contributed by atoms with Gasteiger partial charge in [-0.2, -0.15) is 0 Å². The second-order valence-corrected chi connectivity index (χ2v) is 9.03. The van der Waals surface area contributed by atoms with Crippen LogP contribution < -0.4 is 20.8 Å². The molecule has 1 atom stereocenters. The van der Waals surface area contributed by atoms with Crippen molar-refractivity contribution in [3.05, 3.63) is 81.9 Å². The largest absolute Gasteiger partial charge is 0.456 e. The molecule has 0 saturated carbocycles. The lowest BCUT2D eigenvalue weighted by Gasteiger charge is -2.43. The Kier molecular flexibility index (Phi) is 5.29. The molecule has 1 amide bonds. The van der Waals surface area contributed by atoms with E-state index in [4.69, 9.17) is 10.6 Å². The van der Waals surface area contributed by atoms with Crippen LogP contribution in [-0.4, -0.2) is 30.6 Å². The fraction of sp³-hybridized carbons (Fsp3) is 0.321. The molecule has 2 aliphatic rings. The molecule has 0 fully saturated rings. The van der Waals surface area contributed by atoms with Gasteiger partial charge in [0.2, 0.25) is 0 Å². The lowest BCUT2D eigenvalue weighted by atomic mass is 9.74. The highest BCUT2D eigenvalue weighted by Crippen LogP contribution is 2.57. The quantitative estimate of drug-likeness (QED) is 0.402. The number of carbonyl (C=O) groups excluding carboxylic acids is 1. The Morgan fingerprint density at radius 3 is 2.26 bits per heavy atom. The monoisotopic (exact) mass is 456 g/mol. The Labute approximate surface area is 201 Å². The average Bonchev–Trinajstić information content (AvgIpc) is 3.05. The summed E-state index contributed by atoms with van der Waals surface area (Å²) < 4.78 is 6.58. The number of hydrogen-bond donors (Lipinski definition) is 2. The third-order valence-electron chi connectivity index (χ3n) is 7.22. The molecule has 0 radical (unpaired) electrons. The normalized spacial score (nSPS) is 17.8. The van der Waals surface area contributed by atoms with Crippen molar-refractivity contribution in [2.24, 2.45) is 5.84 Å². The van der Waals surface area contributed by atoms with Gasteiger partial charge in [0.1, 0.15) is 17.0 Å². The molecule has 1 spiro atoms. The van der Waals surface area contributed by atoms with E-state index in [1.807, 2.05) is 30.3 Å². The van der Waals surface area contributed by atoms with Crippen molar-refractivity contribution >= 4 is 17.3 Å². The molecule has 6 nitrogen and oxygen atoms in total. The van der Waals surface area contributed by atoms with Gasteiger partial charge >= 0.3 is 0 Å². The molecular weight excluding hydrogens is 424 g/mol. The molecule has 2 heterocycles. The van der Waals surface area contributed by atoms with Crippen molar-refractivity contribution in [3.8, 4) is 11.5 Å². The van der Waals surface area contributed by atoms with E-state index in [-0.39, 0.29) is 5.91 Å². The number of hydrazine groups is 1. The number of nitrogens with one attached hydrogen (secondary N) is 1. The molecule has 2 aliphatic heterocycles. The van der Waals surface area contributed by atoms with Gasteiger partial charge < -0.3 is 15.0 Å². The number of hydrogen-bond acceptors (Lipinski definition) is 5. The molecule has 3 aromatic carbocycles. The van der Waals surface area contributed by atoms with E-state index in [0.717, 1.165) is 64.6 Å². The summed E-state index contributed by atoms with van der Waals surface area (Å²) in [6, 6.07) is 16.1. The number of rotatable bonds is 5. The summed E-state index contributed by atoms with van der Waals surface area (Å²) in [6.45, 7) is 13.1. The molecule has 3 aromatic rings. The summed E-state index contributed by atoms with van der Waals surface area (Å²) in [5.41, 5.74) is 6.67. The highest BCUT2D eigenvalue weighted by atomic mass is 16.5. The second-order valence-electron chi connectivity index (χ2n) is 9.03. The van der Waals surface area contributed by atoms with Gasteiger partial charge in [-0.25, -0.2) is 5.84 Å². The highest BCUT2D eigenvalue weighted by Gasteiger charge is 2.56. The summed E-state index contributed by atoms with van der Waals surface area (Å²) in [5.74, 6) is 7.97. The van der Waals surface area contributed by atoms with Crippen LogP contribution in [-0.2, 0) is 5.54 Å². The van der Waals surface area contributed by atoms with Crippen LogP contribution in [0.5, 0.6) is 11.5 Å². The van der Waals surface area contributed by atoms with Crippen molar-refractivity contribution in [2.45, 2.75) is 40.2 Å². The van der Waals surface area contributed by atoms with Crippen LogP contribution in [0.1, 0.15) is 58.9 Å². The van der Waals surface area contributed by atoms with Crippen molar-refractivity contribution in [2.75, 3.05) is 29.9 Å². The Balaban J connectivity index is 1.87. The number of carbonyl (C=O) groups is 1. The number of ether oxygens (including phenoxy) is 1. The van der Waals surface area contributed by atoms with Gasteiger partial charge in [0.05, 0.1) is 0 Å². The maximum absolute atomic E-state index is 13.4. The number of anilines is 2. The van der Waals surface area contributed by atoms with Crippen LogP contribution in [0.4, 0.5) is 11.4 Å². The zero-order valence-corrected chi connectivity index (χ0v) is 20.5. The first-order valence-electron chi connectivity index (χ1n) is 12.0. The molecule has 0 aromatic heterocycles. The van der Waals surface area contributed by atoms with E-state index in [1.54, 1.807) is 0 Å². The summed E-state index contributed by atoms with van der Waals surface area (Å²) in [7, 11) is 0.